The highest BCUT2D eigenvalue weighted by Gasteiger charge is 2.44. The van der Waals surface area contributed by atoms with Gasteiger partial charge in [-0.05, 0) is 149 Å². The van der Waals surface area contributed by atoms with E-state index >= 15 is 0 Å². The van der Waals surface area contributed by atoms with Crippen LogP contribution in [0.25, 0.3) is 44.5 Å². The maximum atomic E-state index is 13.1. The Balaban J connectivity index is 0.997. The van der Waals surface area contributed by atoms with E-state index in [1.807, 2.05) is 52.6 Å². The summed E-state index contributed by atoms with van der Waals surface area (Å²) < 4.78 is 11.4. The fourth-order valence-electron chi connectivity index (χ4n) is 10.1. The summed E-state index contributed by atoms with van der Waals surface area (Å²) in [5, 5.41) is 0. The van der Waals surface area contributed by atoms with E-state index < -0.39 is 11.2 Å². The molecule has 2 saturated heterocycles. The zero-order valence-corrected chi connectivity index (χ0v) is 34.3. The molecule has 2 aliphatic heterocycles. The molecule has 3 fully saturated rings. The second-order valence-electron chi connectivity index (χ2n) is 18.8. The molecule has 2 aliphatic carbocycles. The highest BCUT2D eigenvalue weighted by molar-refractivity contribution is 5.86. The number of imidazole rings is 2. The molecule has 10 heteroatoms. The summed E-state index contributed by atoms with van der Waals surface area (Å²) >= 11 is 0. The lowest BCUT2D eigenvalue weighted by Crippen LogP contribution is -2.36. The van der Waals surface area contributed by atoms with Gasteiger partial charge in [-0.2, -0.15) is 0 Å². The first-order valence-corrected chi connectivity index (χ1v) is 21.1. The summed E-state index contributed by atoms with van der Waals surface area (Å²) in [6.45, 7) is 12.8. The second-order valence-corrected chi connectivity index (χ2v) is 18.8. The quantitative estimate of drug-likeness (QED) is 0.184. The van der Waals surface area contributed by atoms with Crippen LogP contribution in [0.15, 0.2) is 60.8 Å². The summed E-state index contributed by atoms with van der Waals surface area (Å²) in [6, 6.07) is 19.9. The van der Waals surface area contributed by atoms with Gasteiger partial charge in [0.15, 0.2) is 0 Å². The van der Waals surface area contributed by atoms with E-state index in [9.17, 15) is 9.59 Å². The summed E-state index contributed by atoms with van der Waals surface area (Å²) in [5.74, 6) is 1.63. The number of hydrogen-bond acceptors (Lipinski definition) is 6. The van der Waals surface area contributed by atoms with Crippen LogP contribution in [0.4, 0.5) is 9.59 Å². The number of likely N-dealkylation sites (tertiary alicyclic amines) is 2. The lowest BCUT2D eigenvalue weighted by atomic mass is 9.76. The number of nitrogens with one attached hydrogen (secondary N) is 2. The number of amides is 2. The average Bonchev–Trinajstić information content (AvgIpc) is 4.02. The Morgan fingerprint density at radius 2 is 1.30 bits per heavy atom. The van der Waals surface area contributed by atoms with Gasteiger partial charge in [0.25, 0.3) is 0 Å². The highest BCUT2D eigenvalue weighted by atomic mass is 16.6. The molecule has 10 nitrogen and oxygen atoms in total. The van der Waals surface area contributed by atoms with Crippen molar-refractivity contribution in [3.63, 3.8) is 0 Å². The molecule has 1 spiro atoms. The smallest absolute Gasteiger partial charge is 0.410 e. The molecule has 5 aromatic rings. The Hall–Kier alpha value is -5.12. The van der Waals surface area contributed by atoms with Crippen molar-refractivity contribution < 1.29 is 19.1 Å². The Morgan fingerprint density at radius 1 is 0.702 bits per heavy atom. The zero-order valence-electron chi connectivity index (χ0n) is 34.3. The van der Waals surface area contributed by atoms with E-state index in [-0.39, 0.29) is 29.7 Å². The van der Waals surface area contributed by atoms with Crippen LogP contribution < -0.4 is 0 Å². The fraction of sp³-hybridized carbons (Fsp3) is 0.489. The molecule has 2 N–H and O–H groups in total. The van der Waals surface area contributed by atoms with Gasteiger partial charge in [0.05, 0.1) is 35.0 Å². The van der Waals surface area contributed by atoms with Gasteiger partial charge in [-0.25, -0.2) is 19.6 Å². The minimum Gasteiger partial charge on any atom is -0.444 e. The standard InChI is InChI=1S/C47H56N6O4/c1-45(2,3)56-43(54)52-25-9-11-38(52)41-48-28-37(51-41)30-15-13-29(14-16-30)32-18-19-33(40-34(32)21-24-47(40)22-7-8-23-47)31-17-20-35-36(27-31)50-42(49-35)39-12-10-26-53(39)44(55)57-46(4,5)6/h13-20,27-28,38-39H,7-12,21-26H2,1-6H3,(H,48,51)(H,49,50). The van der Waals surface area contributed by atoms with Crippen molar-refractivity contribution in [3.05, 3.63) is 83.6 Å². The summed E-state index contributed by atoms with van der Waals surface area (Å²) in [6.07, 6.45) is 12.2. The lowest BCUT2D eigenvalue weighted by Gasteiger charge is -2.28. The molecule has 4 aliphatic rings. The molecule has 2 amide bonds. The van der Waals surface area contributed by atoms with E-state index in [1.54, 1.807) is 4.90 Å². The van der Waals surface area contributed by atoms with Gasteiger partial charge in [-0.3, -0.25) is 9.80 Å². The van der Waals surface area contributed by atoms with Crippen molar-refractivity contribution in [2.75, 3.05) is 13.1 Å². The van der Waals surface area contributed by atoms with Crippen LogP contribution in [0.3, 0.4) is 0 Å². The molecule has 1 saturated carbocycles. The van der Waals surface area contributed by atoms with Crippen LogP contribution in [0, 0.1) is 0 Å². The second kappa shape index (κ2) is 14.1. The number of carbonyl (C=O) groups excluding carboxylic acids is 2. The maximum absolute atomic E-state index is 13.1. The zero-order chi connectivity index (χ0) is 39.7. The number of aromatic nitrogens is 4. The Labute approximate surface area is 335 Å². The number of ether oxygens (including phenoxy) is 2. The Bertz CT molecular complexity index is 2320. The Morgan fingerprint density at radius 3 is 1.95 bits per heavy atom. The molecule has 0 bridgehead atoms. The molecule has 2 unspecified atom stereocenters. The lowest BCUT2D eigenvalue weighted by molar-refractivity contribution is 0.0208. The molecule has 2 atom stereocenters. The van der Waals surface area contributed by atoms with E-state index in [4.69, 9.17) is 19.4 Å². The Kier molecular flexibility index (Phi) is 9.24. The predicted octanol–water partition coefficient (Wildman–Crippen LogP) is 11.2. The number of nitrogens with zero attached hydrogens (tertiary/aromatic N) is 4. The molecule has 57 heavy (non-hydrogen) atoms. The third kappa shape index (κ3) is 7.10. The van der Waals surface area contributed by atoms with E-state index in [0.29, 0.717) is 13.1 Å². The minimum absolute atomic E-state index is 0.116. The largest absolute Gasteiger partial charge is 0.444 e. The van der Waals surface area contributed by atoms with Crippen LogP contribution >= 0.6 is 0 Å². The number of carbonyl (C=O) groups is 2. The van der Waals surface area contributed by atoms with Gasteiger partial charge in [0.1, 0.15) is 22.9 Å². The minimum atomic E-state index is -0.543. The molecule has 4 heterocycles. The average molecular weight is 769 g/mol. The normalized spacial score (nSPS) is 20.5. The van der Waals surface area contributed by atoms with Crippen LogP contribution in [0.5, 0.6) is 0 Å². The monoisotopic (exact) mass is 768 g/mol. The van der Waals surface area contributed by atoms with Crippen LogP contribution in [-0.4, -0.2) is 66.2 Å². The first-order chi connectivity index (χ1) is 27.3. The molecule has 3 aromatic carbocycles. The molecule has 2 aromatic heterocycles. The van der Waals surface area contributed by atoms with Gasteiger partial charge < -0.3 is 19.4 Å². The van der Waals surface area contributed by atoms with Crippen LogP contribution in [0.1, 0.15) is 134 Å². The SMILES string of the molecule is CC(C)(C)OC(=O)N1CCCC1c1ncc(-c2ccc(-c3ccc(-c4ccc5nc(C6CCCN6C(=O)OC(C)(C)C)[nH]c5c4)c4c3CCC43CCCC3)cc2)[nH]1. The van der Waals surface area contributed by atoms with E-state index in [2.05, 4.69) is 64.6 Å². The molecule has 298 valence electrons. The van der Waals surface area contributed by atoms with Crippen molar-refractivity contribution in [1.82, 2.24) is 29.7 Å². The summed E-state index contributed by atoms with van der Waals surface area (Å²) in [4.78, 5) is 46.6. The van der Waals surface area contributed by atoms with Gasteiger partial charge in [0.2, 0.25) is 0 Å². The summed E-state index contributed by atoms with van der Waals surface area (Å²) in [5.41, 5.74) is 11.2. The number of aromatic amines is 2. The first-order valence-electron chi connectivity index (χ1n) is 21.1. The molecule has 9 rings (SSSR count). The molecule has 0 radical (unpaired) electrons. The van der Waals surface area contributed by atoms with Crippen molar-refractivity contribution in [3.8, 4) is 33.5 Å². The van der Waals surface area contributed by atoms with E-state index in [1.165, 1.54) is 65.5 Å². The molecular weight excluding hydrogens is 713 g/mol. The number of H-pyrrole nitrogens is 2. The van der Waals surface area contributed by atoms with Gasteiger partial charge in [-0.1, -0.05) is 55.3 Å². The highest BCUT2D eigenvalue weighted by Crippen LogP contribution is 2.55. The first kappa shape index (κ1) is 37.5. The van der Waals surface area contributed by atoms with Crippen LogP contribution in [0.2, 0.25) is 0 Å². The number of rotatable bonds is 5. The number of fused-ring (bicyclic) bond motifs is 3. The van der Waals surface area contributed by atoms with Crippen molar-refractivity contribution in [2.45, 2.75) is 134 Å². The molecular formula is C47H56N6O4. The predicted molar refractivity (Wildman–Crippen MR) is 223 cm³/mol. The van der Waals surface area contributed by atoms with Crippen molar-refractivity contribution in [2.24, 2.45) is 0 Å². The number of hydrogen-bond donors (Lipinski definition) is 2. The topological polar surface area (TPSA) is 116 Å². The third-order valence-electron chi connectivity index (χ3n) is 12.6. The third-order valence-corrected chi connectivity index (χ3v) is 12.6. The van der Waals surface area contributed by atoms with E-state index in [0.717, 1.165) is 66.0 Å². The van der Waals surface area contributed by atoms with Crippen LogP contribution in [-0.2, 0) is 21.3 Å². The van der Waals surface area contributed by atoms with Gasteiger partial charge in [0, 0.05) is 13.1 Å². The van der Waals surface area contributed by atoms with Crippen molar-refractivity contribution >= 4 is 23.2 Å². The van der Waals surface area contributed by atoms with Crippen molar-refractivity contribution in [1.29, 1.82) is 0 Å². The maximum Gasteiger partial charge on any atom is 0.410 e. The van der Waals surface area contributed by atoms with Gasteiger partial charge >= 0.3 is 12.2 Å². The number of benzene rings is 3. The fourth-order valence-corrected chi connectivity index (χ4v) is 10.1. The summed E-state index contributed by atoms with van der Waals surface area (Å²) in [7, 11) is 0. The van der Waals surface area contributed by atoms with Gasteiger partial charge in [-0.15, -0.1) is 0 Å².